The molecule has 1 atom stereocenters. The summed E-state index contributed by atoms with van der Waals surface area (Å²) < 4.78 is 51.6. The van der Waals surface area contributed by atoms with Crippen molar-refractivity contribution < 1.29 is 27.1 Å². The molecule has 0 heterocycles. The summed E-state index contributed by atoms with van der Waals surface area (Å²) in [5, 5.41) is 13.6. The number of rotatable bonds is 5. The minimum absolute atomic E-state index is 0.00607. The van der Waals surface area contributed by atoms with Crippen LogP contribution >= 0.6 is 23.2 Å². The van der Waals surface area contributed by atoms with E-state index in [0.29, 0.717) is 0 Å². The largest absolute Gasteiger partial charge is 0.387 e. The van der Waals surface area contributed by atoms with Crippen LogP contribution in [0.4, 0.5) is 8.78 Å². The highest BCUT2D eigenvalue weighted by molar-refractivity contribution is 7.90. The van der Waals surface area contributed by atoms with Crippen molar-refractivity contribution in [2.45, 2.75) is 48.4 Å². The predicted molar refractivity (Wildman–Crippen MR) is 114 cm³/mol. The lowest BCUT2D eigenvalue weighted by atomic mass is 9.76. The van der Waals surface area contributed by atoms with Crippen LogP contribution in [0, 0.1) is 5.82 Å². The van der Waals surface area contributed by atoms with Crippen LogP contribution in [-0.4, -0.2) is 37.5 Å². The van der Waals surface area contributed by atoms with Crippen molar-refractivity contribution in [3.05, 3.63) is 63.4 Å². The van der Waals surface area contributed by atoms with Crippen molar-refractivity contribution >= 4 is 38.9 Å². The van der Waals surface area contributed by atoms with Crippen LogP contribution in [0.2, 0.25) is 10.0 Å². The van der Waals surface area contributed by atoms with Gasteiger partial charge in [-0.2, -0.15) is 0 Å². The van der Waals surface area contributed by atoms with Gasteiger partial charge in [-0.15, -0.1) is 0 Å². The molecule has 0 saturated heterocycles. The molecule has 0 bridgehead atoms. The van der Waals surface area contributed by atoms with Crippen molar-refractivity contribution in [1.82, 2.24) is 5.32 Å². The van der Waals surface area contributed by atoms with Gasteiger partial charge in [0, 0.05) is 6.26 Å². The van der Waals surface area contributed by atoms with Crippen LogP contribution in [0.5, 0.6) is 0 Å². The third-order valence-corrected chi connectivity index (χ3v) is 7.34. The van der Waals surface area contributed by atoms with Gasteiger partial charge < -0.3 is 10.4 Å². The minimum atomic E-state index is -3.61. The molecule has 0 aromatic heterocycles. The molecule has 3 rings (SSSR count). The van der Waals surface area contributed by atoms with Gasteiger partial charge >= 0.3 is 0 Å². The van der Waals surface area contributed by atoms with Crippen molar-refractivity contribution in [2.75, 3.05) is 6.26 Å². The molecule has 1 unspecified atom stereocenters. The van der Waals surface area contributed by atoms with Gasteiger partial charge in [0.25, 0.3) is 5.91 Å². The SMILES string of the molecule is CS(=O)(=O)c1ccc(Cl)c(C(=O)NC(c2cccc(F)c2Cl)C2(O)CCC(F)CC2)c1. The van der Waals surface area contributed by atoms with Crippen molar-refractivity contribution in [3.63, 3.8) is 0 Å². The molecule has 0 radical (unpaired) electrons. The fourth-order valence-corrected chi connectivity index (χ4v) is 4.82. The number of carbonyl (C=O) groups is 1. The first-order chi connectivity index (χ1) is 14.4. The Balaban J connectivity index is 2.03. The van der Waals surface area contributed by atoms with E-state index in [1.807, 2.05) is 0 Å². The molecule has 1 fully saturated rings. The number of halogens is 4. The van der Waals surface area contributed by atoms with E-state index in [2.05, 4.69) is 5.32 Å². The first kappa shape index (κ1) is 23.9. The van der Waals surface area contributed by atoms with Crippen molar-refractivity contribution in [3.8, 4) is 0 Å². The summed E-state index contributed by atoms with van der Waals surface area (Å²) in [6, 6.07) is 6.49. The van der Waals surface area contributed by atoms with E-state index < -0.39 is 39.4 Å². The van der Waals surface area contributed by atoms with Crippen LogP contribution in [0.3, 0.4) is 0 Å². The summed E-state index contributed by atoms with van der Waals surface area (Å²) in [5.41, 5.74) is -1.59. The van der Waals surface area contributed by atoms with Gasteiger partial charge in [-0.05, 0) is 55.5 Å². The van der Waals surface area contributed by atoms with Gasteiger partial charge in [0.05, 0.1) is 32.1 Å². The zero-order chi connectivity index (χ0) is 23.0. The van der Waals surface area contributed by atoms with E-state index in [1.54, 1.807) is 0 Å². The Morgan fingerprint density at radius 2 is 1.87 bits per heavy atom. The van der Waals surface area contributed by atoms with E-state index in [9.17, 15) is 27.1 Å². The smallest absolute Gasteiger partial charge is 0.253 e. The van der Waals surface area contributed by atoms with Gasteiger partial charge in [0.2, 0.25) is 0 Å². The van der Waals surface area contributed by atoms with Crippen LogP contribution < -0.4 is 5.32 Å². The summed E-state index contributed by atoms with van der Waals surface area (Å²) >= 11 is 12.2. The average Bonchev–Trinajstić information content (AvgIpc) is 2.70. The number of sulfone groups is 1. The van der Waals surface area contributed by atoms with E-state index in [1.165, 1.54) is 24.3 Å². The van der Waals surface area contributed by atoms with Gasteiger partial charge in [0.15, 0.2) is 9.84 Å². The van der Waals surface area contributed by atoms with Crippen LogP contribution in [0.1, 0.15) is 47.6 Å². The van der Waals surface area contributed by atoms with E-state index in [4.69, 9.17) is 23.2 Å². The summed E-state index contributed by atoms with van der Waals surface area (Å²) in [7, 11) is -3.61. The van der Waals surface area contributed by atoms with Crippen LogP contribution in [0.25, 0.3) is 0 Å². The molecule has 2 aromatic rings. The zero-order valence-corrected chi connectivity index (χ0v) is 18.9. The van der Waals surface area contributed by atoms with Crippen LogP contribution in [-0.2, 0) is 9.84 Å². The lowest BCUT2D eigenvalue weighted by molar-refractivity contribution is -0.0445. The summed E-state index contributed by atoms with van der Waals surface area (Å²) in [6.45, 7) is 0. The summed E-state index contributed by atoms with van der Waals surface area (Å²) in [6.07, 6.45) is 0.0816. The second-order valence-corrected chi connectivity index (χ2v) is 10.5. The van der Waals surface area contributed by atoms with E-state index >= 15 is 0 Å². The minimum Gasteiger partial charge on any atom is -0.387 e. The molecule has 2 N–H and O–H groups in total. The second kappa shape index (κ2) is 9.02. The number of amides is 1. The maximum absolute atomic E-state index is 14.1. The molecule has 0 spiro atoms. The number of aliphatic hydroxyl groups is 1. The summed E-state index contributed by atoms with van der Waals surface area (Å²) in [5.74, 6) is -1.52. The third-order valence-electron chi connectivity index (χ3n) is 5.50. The Morgan fingerprint density at radius 1 is 1.23 bits per heavy atom. The zero-order valence-electron chi connectivity index (χ0n) is 16.5. The Morgan fingerprint density at radius 3 is 2.48 bits per heavy atom. The van der Waals surface area contributed by atoms with Crippen LogP contribution in [0.15, 0.2) is 41.3 Å². The highest BCUT2D eigenvalue weighted by atomic mass is 35.5. The fourth-order valence-electron chi connectivity index (χ4n) is 3.73. The number of hydrogen-bond donors (Lipinski definition) is 2. The molecule has 2 aromatic carbocycles. The highest BCUT2D eigenvalue weighted by Gasteiger charge is 2.43. The highest BCUT2D eigenvalue weighted by Crippen LogP contribution is 2.42. The second-order valence-electron chi connectivity index (χ2n) is 7.74. The van der Waals surface area contributed by atoms with Gasteiger partial charge in [-0.3, -0.25) is 4.79 Å². The quantitative estimate of drug-likeness (QED) is 0.637. The maximum atomic E-state index is 14.1. The normalized spacial score (nSPS) is 22.7. The first-order valence-corrected chi connectivity index (χ1v) is 12.2. The fraction of sp³-hybridized carbons (Fsp3) is 0.381. The Labute approximate surface area is 189 Å². The first-order valence-electron chi connectivity index (χ1n) is 9.53. The molecule has 1 aliphatic rings. The number of benzene rings is 2. The maximum Gasteiger partial charge on any atom is 0.253 e. The molecule has 168 valence electrons. The molecule has 1 saturated carbocycles. The lowest BCUT2D eigenvalue weighted by Crippen LogP contribution is -2.48. The number of alkyl halides is 1. The van der Waals surface area contributed by atoms with Gasteiger partial charge in [0.1, 0.15) is 12.0 Å². The molecule has 10 heteroatoms. The lowest BCUT2D eigenvalue weighted by Gasteiger charge is -2.41. The summed E-state index contributed by atoms with van der Waals surface area (Å²) in [4.78, 5) is 12.9. The van der Waals surface area contributed by atoms with Gasteiger partial charge in [-0.25, -0.2) is 17.2 Å². The van der Waals surface area contributed by atoms with Gasteiger partial charge in [-0.1, -0.05) is 35.3 Å². The topological polar surface area (TPSA) is 83.5 Å². The molecule has 0 aliphatic heterocycles. The predicted octanol–water partition coefficient (Wildman–Crippen LogP) is 4.65. The number of hydrogen-bond acceptors (Lipinski definition) is 4. The Hall–Kier alpha value is -1.74. The monoisotopic (exact) mass is 491 g/mol. The van der Waals surface area contributed by atoms with Crippen molar-refractivity contribution in [1.29, 1.82) is 0 Å². The number of nitrogens with one attached hydrogen (secondary N) is 1. The molecule has 1 aliphatic carbocycles. The molecule has 5 nitrogen and oxygen atoms in total. The molecule has 1 amide bonds. The van der Waals surface area contributed by atoms with Crippen molar-refractivity contribution in [2.24, 2.45) is 0 Å². The molecule has 31 heavy (non-hydrogen) atoms. The Kier molecular flexibility index (Phi) is 6.96. The van der Waals surface area contributed by atoms with E-state index in [-0.39, 0.29) is 51.8 Å². The average molecular weight is 492 g/mol. The standard InChI is InChI=1S/C21H21Cl2F2NO4S/c1-31(29,30)13-5-6-16(22)15(11-13)20(27)26-19(14-3-2-4-17(25)18(14)23)21(28)9-7-12(24)8-10-21/h2-6,11-12,19,28H,7-10H2,1H3,(H,26,27). The molecular formula is C21H21Cl2F2NO4S. The molecular weight excluding hydrogens is 471 g/mol. The Bertz CT molecular complexity index is 1100. The van der Waals surface area contributed by atoms with E-state index in [0.717, 1.165) is 18.4 Å². The third kappa shape index (κ3) is 5.19. The number of carbonyl (C=O) groups excluding carboxylic acids is 1.